The van der Waals surface area contributed by atoms with E-state index in [9.17, 15) is 13.2 Å². The third-order valence-electron chi connectivity index (χ3n) is 5.61. The van der Waals surface area contributed by atoms with Crippen LogP contribution in [0.3, 0.4) is 0 Å². The minimum absolute atomic E-state index is 0.644. The molecule has 1 aliphatic rings. The van der Waals surface area contributed by atoms with E-state index in [2.05, 4.69) is 0 Å². The van der Waals surface area contributed by atoms with Gasteiger partial charge in [-0.1, -0.05) is 63.5 Å². The van der Waals surface area contributed by atoms with Crippen molar-refractivity contribution >= 4 is 0 Å². The van der Waals surface area contributed by atoms with Crippen LogP contribution in [0.5, 0.6) is 0 Å². The smallest absolute Gasteiger partial charge is 0.159 e. The van der Waals surface area contributed by atoms with Gasteiger partial charge in [-0.2, -0.15) is 0 Å². The molecular formula is C22H31F3. The van der Waals surface area contributed by atoms with Crippen LogP contribution >= 0.6 is 0 Å². The first kappa shape index (κ1) is 20.1. The van der Waals surface area contributed by atoms with Gasteiger partial charge >= 0.3 is 0 Å². The minimum Gasteiger partial charge on any atom is -0.216 e. The number of unbranched alkanes of at least 4 members (excludes halogenated alkanes) is 4. The lowest BCUT2D eigenvalue weighted by Crippen LogP contribution is -2.15. The van der Waals surface area contributed by atoms with Crippen LogP contribution < -0.4 is 0 Å². The van der Waals surface area contributed by atoms with Crippen LogP contribution in [0.15, 0.2) is 30.6 Å². The number of hydrogen-bond acceptors (Lipinski definition) is 0. The van der Waals surface area contributed by atoms with E-state index in [-0.39, 0.29) is 0 Å². The molecule has 140 valence electrons. The molecule has 1 aliphatic carbocycles. The van der Waals surface area contributed by atoms with Gasteiger partial charge in [0.2, 0.25) is 0 Å². The number of halogens is 3. The van der Waals surface area contributed by atoms with Crippen LogP contribution in [0, 0.1) is 23.5 Å². The van der Waals surface area contributed by atoms with Gasteiger partial charge in [-0.05, 0) is 55.2 Å². The van der Waals surface area contributed by atoms with Crippen molar-refractivity contribution in [3.8, 4) is 0 Å². The summed E-state index contributed by atoms with van der Waals surface area (Å²) in [6.45, 7) is 0. The Morgan fingerprint density at radius 1 is 0.840 bits per heavy atom. The standard InChI is InChI=1S/C22H31F3/c23-16-6-4-2-1-3-5-7-18-8-10-19(11-9-18)12-13-20-14-15-21(24)22(25)17-20/h6,14-19H,1-5,7-13H2/b16-6+/t18-,19-. The molecule has 0 amide bonds. The van der Waals surface area contributed by atoms with E-state index in [0.29, 0.717) is 6.33 Å². The zero-order chi connectivity index (χ0) is 17.9. The van der Waals surface area contributed by atoms with E-state index in [0.717, 1.165) is 43.1 Å². The van der Waals surface area contributed by atoms with Gasteiger partial charge in [0, 0.05) is 0 Å². The maximum atomic E-state index is 13.2. The SMILES string of the molecule is F/C=C/CCCCCC[C@H]1CC[C@H](CCc2ccc(F)c(F)c2)CC1. The van der Waals surface area contributed by atoms with Gasteiger partial charge in [-0.25, -0.2) is 13.2 Å². The molecule has 0 atom stereocenters. The van der Waals surface area contributed by atoms with E-state index in [1.165, 1.54) is 63.5 Å². The first-order valence-electron chi connectivity index (χ1n) is 9.88. The summed E-state index contributed by atoms with van der Waals surface area (Å²) >= 11 is 0. The molecule has 0 bridgehead atoms. The highest BCUT2D eigenvalue weighted by Crippen LogP contribution is 2.34. The van der Waals surface area contributed by atoms with E-state index in [4.69, 9.17) is 0 Å². The van der Waals surface area contributed by atoms with Crippen molar-refractivity contribution in [2.75, 3.05) is 0 Å². The third kappa shape index (κ3) is 7.66. The van der Waals surface area contributed by atoms with Gasteiger partial charge in [-0.3, -0.25) is 0 Å². The lowest BCUT2D eigenvalue weighted by molar-refractivity contribution is 0.248. The Kier molecular flexibility index (Phi) is 9.14. The molecule has 0 radical (unpaired) electrons. The summed E-state index contributed by atoms with van der Waals surface area (Å²) in [5.74, 6) is 0.104. The average Bonchev–Trinajstić information content (AvgIpc) is 2.63. The van der Waals surface area contributed by atoms with E-state index >= 15 is 0 Å². The Morgan fingerprint density at radius 2 is 1.52 bits per heavy atom. The molecule has 0 spiro atoms. The largest absolute Gasteiger partial charge is 0.216 e. The second-order valence-electron chi connectivity index (χ2n) is 7.53. The van der Waals surface area contributed by atoms with Crippen LogP contribution in [0.1, 0.15) is 76.2 Å². The van der Waals surface area contributed by atoms with Gasteiger partial charge in [0.15, 0.2) is 11.6 Å². The van der Waals surface area contributed by atoms with Gasteiger partial charge in [0.1, 0.15) is 0 Å². The second kappa shape index (κ2) is 11.4. The second-order valence-corrected chi connectivity index (χ2v) is 7.53. The topological polar surface area (TPSA) is 0 Å². The summed E-state index contributed by atoms with van der Waals surface area (Å²) in [4.78, 5) is 0. The van der Waals surface area contributed by atoms with Crippen LogP contribution in [0.25, 0.3) is 0 Å². The predicted octanol–water partition coefficient (Wildman–Crippen LogP) is 7.53. The van der Waals surface area contributed by atoms with Crippen molar-refractivity contribution in [2.24, 2.45) is 11.8 Å². The van der Waals surface area contributed by atoms with E-state index in [1.807, 2.05) is 0 Å². The predicted molar refractivity (Wildman–Crippen MR) is 98.1 cm³/mol. The molecule has 1 aromatic rings. The van der Waals surface area contributed by atoms with Crippen molar-refractivity contribution in [3.63, 3.8) is 0 Å². The summed E-state index contributed by atoms with van der Waals surface area (Å²) in [5.41, 5.74) is 0.906. The molecule has 0 aromatic heterocycles. The summed E-state index contributed by atoms with van der Waals surface area (Å²) in [5, 5.41) is 0. The van der Waals surface area contributed by atoms with Crippen LogP contribution in [-0.4, -0.2) is 0 Å². The Labute approximate surface area is 150 Å². The zero-order valence-electron chi connectivity index (χ0n) is 15.2. The molecule has 0 aliphatic heterocycles. The summed E-state index contributed by atoms with van der Waals surface area (Å²) in [6, 6.07) is 4.27. The van der Waals surface area contributed by atoms with Crippen molar-refractivity contribution < 1.29 is 13.2 Å². The highest BCUT2D eigenvalue weighted by molar-refractivity contribution is 5.17. The van der Waals surface area contributed by atoms with Crippen LogP contribution in [0.2, 0.25) is 0 Å². The number of hydrogen-bond donors (Lipinski definition) is 0. The van der Waals surface area contributed by atoms with Gasteiger partial charge in [0.05, 0.1) is 6.33 Å². The molecule has 1 fully saturated rings. The normalized spacial score (nSPS) is 21.1. The fourth-order valence-corrected chi connectivity index (χ4v) is 3.99. The highest BCUT2D eigenvalue weighted by Gasteiger charge is 2.20. The molecule has 0 unspecified atom stereocenters. The molecule has 3 heteroatoms. The van der Waals surface area contributed by atoms with E-state index < -0.39 is 11.6 Å². The van der Waals surface area contributed by atoms with Gasteiger partial charge in [-0.15, -0.1) is 0 Å². The monoisotopic (exact) mass is 352 g/mol. The molecule has 0 nitrogen and oxygen atoms in total. The lowest BCUT2D eigenvalue weighted by Gasteiger charge is -2.28. The molecule has 0 N–H and O–H groups in total. The Hall–Kier alpha value is -1.25. The fourth-order valence-electron chi connectivity index (χ4n) is 3.99. The number of allylic oxidation sites excluding steroid dienone is 1. The summed E-state index contributed by atoms with van der Waals surface area (Å²) < 4.78 is 38.0. The first-order chi connectivity index (χ1) is 12.2. The zero-order valence-corrected chi connectivity index (χ0v) is 15.2. The molecule has 1 saturated carbocycles. The maximum absolute atomic E-state index is 13.2. The molecule has 0 heterocycles. The Bertz CT molecular complexity index is 516. The Balaban J connectivity index is 1.54. The molecule has 1 aromatic carbocycles. The highest BCUT2D eigenvalue weighted by atomic mass is 19.2. The van der Waals surface area contributed by atoms with Crippen molar-refractivity contribution in [1.82, 2.24) is 0 Å². The van der Waals surface area contributed by atoms with Crippen molar-refractivity contribution in [2.45, 2.75) is 77.0 Å². The lowest BCUT2D eigenvalue weighted by atomic mass is 9.77. The number of rotatable bonds is 10. The van der Waals surface area contributed by atoms with Crippen molar-refractivity contribution in [1.29, 1.82) is 0 Å². The first-order valence-corrected chi connectivity index (χ1v) is 9.88. The quantitative estimate of drug-likeness (QED) is 0.382. The van der Waals surface area contributed by atoms with Crippen LogP contribution in [0.4, 0.5) is 13.2 Å². The summed E-state index contributed by atoms with van der Waals surface area (Å²) in [6.07, 6.45) is 16.4. The Morgan fingerprint density at radius 3 is 2.20 bits per heavy atom. The fraction of sp³-hybridized carbons (Fsp3) is 0.636. The third-order valence-corrected chi connectivity index (χ3v) is 5.61. The minimum atomic E-state index is -0.761. The van der Waals surface area contributed by atoms with Gasteiger partial charge < -0.3 is 0 Å². The molecule has 0 saturated heterocycles. The molecule has 2 rings (SSSR count). The number of aryl methyl sites for hydroxylation is 1. The molecular weight excluding hydrogens is 321 g/mol. The van der Waals surface area contributed by atoms with Crippen molar-refractivity contribution in [3.05, 3.63) is 47.8 Å². The maximum Gasteiger partial charge on any atom is 0.159 e. The van der Waals surface area contributed by atoms with E-state index in [1.54, 1.807) is 12.1 Å². The summed E-state index contributed by atoms with van der Waals surface area (Å²) in [7, 11) is 0. The number of benzene rings is 1. The van der Waals surface area contributed by atoms with Gasteiger partial charge in [0.25, 0.3) is 0 Å². The van der Waals surface area contributed by atoms with Crippen LogP contribution in [-0.2, 0) is 6.42 Å². The average molecular weight is 352 g/mol. The molecule has 25 heavy (non-hydrogen) atoms.